The van der Waals surface area contributed by atoms with Crippen molar-refractivity contribution in [2.24, 2.45) is 0 Å². The molecule has 0 saturated carbocycles. The second kappa shape index (κ2) is 6.46. The molecule has 17 heavy (non-hydrogen) atoms. The first-order valence-corrected chi connectivity index (χ1v) is 3.77. The Hall–Kier alpha value is -2.12. The maximum Gasteiger partial charge on any atom is 0.336 e. The highest BCUT2D eigenvalue weighted by molar-refractivity contribution is 6.03. The molecule has 1 rings (SSSR count). The van der Waals surface area contributed by atoms with Crippen molar-refractivity contribution in [2.75, 3.05) is 0 Å². The van der Waals surface area contributed by atoms with Crippen LogP contribution in [0.3, 0.4) is 0 Å². The average molecular weight is 265 g/mol. The molecule has 0 spiro atoms. The van der Waals surface area contributed by atoms with Gasteiger partial charge in [-0.2, -0.15) is 0 Å². The van der Waals surface area contributed by atoms with Crippen molar-refractivity contribution in [3.63, 3.8) is 0 Å². The quantitative estimate of drug-likeness (QED) is 0.720. The number of hydrogen-bond donors (Lipinski definition) is 3. The van der Waals surface area contributed by atoms with Crippen LogP contribution in [0.1, 0.15) is 31.1 Å². The lowest BCUT2D eigenvalue weighted by Gasteiger charge is -2.02. The summed E-state index contributed by atoms with van der Waals surface area (Å²) in [6.07, 6.45) is 0. The first-order chi connectivity index (χ1) is 6.93. The van der Waals surface area contributed by atoms with Crippen LogP contribution >= 0.6 is 12.4 Å². The minimum Gasteiger partial charge on any atom is -0.478 e. The molecular weight excluding hydrogens is 256 g/mol. The van der Waals surface area contributed by atoms with Gasteiger partial charge in [0.15, 0.2) is 0 Å². The number of hydrogen-bond acceptors (Lipinski definition) is 3. The predicted octanol–water partition coefficient (Wildman–Crippen LogP) is 0.378. The van der Waals surface area contributed by atoms with Gasteiger partial charge in [-0.15, -0.1) is 12.4 Å². The predicted molar refractivity (Wildman–Crippen MR) is 58.2 cm³/mol. The van der Waals surface area contributed by atoms with Crippen LogP contribution in [-0.4, -0.2) is 38.7 Å². The standard InChI is InChI=1S/C9H6O6.ClH.H2O/c10-7(11)4-1-2-5(8(12)13)6(3-4)9(14)15;;/h1-3H,(H,10,11)(H,12,13)(H,14,15);1H;1H2. The molecule has 8 heteroatoms. The second-order valence-corrected chi connectivity index (χ2v) is 2.68. The molecule has 0 fully saturated rings. The number of carboxylic acid groups (broad SMARTS) is 3. The molecule has 0 aromatic heterocycles. The molecule has 0 amide bonds. The average Bonchev–Trinajstić information content (AvgIpc) is 2.16. The van der Waals surface area contributed by atoms with Crippen LogP contribution in [0, 0.1) is 0 Å². The van der Waals surface area contributed by atoms with Gasteiger partial charge in [-0.3, -0.25) is 0 Å². The van der Waals surface area contributed by atoms with Gasteiger partial charge in [0, 0.05) is 0 Å². The Labute approximate surface area is 101 Å². The molecule has 0 unspecified atom stereocenters. The Bertz CT molecular complexity index is 455. The molecule has 94 valence electrons. The monoisotopic (exact) mass is 264 g/mol. The fourth-order valence-corrected chi connectivity index (χ4v) is 1.04. The van der Waals surface area contributed by atoms with Crippen LogP contribution in [0.15, 0.2) is 18.2 Å². The van der Waals surface area contributed by atoms with E-state index in [2.05, 4.69) is 0 Å². The van der Waals surface area contributed by atoms with E-state index in [4.69, 9.17) is 15.3 Å². The van der Waals surface area contributed by atoms with E-state index in [9.17, 15) is 14.4 Å². The zero-order chi connectivity index (χ0) is 11.6. The van der Waals surface area contributed by atoms with E-state index < -0.39 is 29.0 Å². The molecule has 1 aromatic rings. The summed E-state index contributed by atoms with van der Waals surface area (Å²) in [6.45, 7) is 0. The zero-order valence-electron chi connectivity index (χ0n) is 8.21. The van der Waals surface area contributed by atoms with E-state index in [0.717, 1.165) is 18.2 Å². The molecule has 7 nitrogen and oxygen atoms in total. The van der Waals surface area contributed by atoms with Crippen LogP contribution in [0.4, 0.5) is 0 Å². The van der Waals surface area contributed by atoms with Gasteiger partial charge >= 0.3 is 17.9 Å². The Balaban J connectivity index is 0. The van der Waals surface area contributed by atoms with Crippen molar-refractivity contribution in [3.05, 3.63) is 34.9 Å². The fraction of sp³-hybridized carbons (Fsp3) is 0. The third kappa shape index (κ3) is 3.74. The molecule has 0 saturated heterocycles. The number of carbonyl (C=O) groups is 3. The Morgan fingerprint density at radius 1 is 0.824 bits per heavy atom. The lowest BCUT2D eigenvalue weighted by Crippen LogP contribution is -2.10. The molecule has 5 N–H and O–H groups in total. The highest BCUT2D eigenvalue weighted by atomic mass is 35.5. The van der Waals surface area contributed by atoms with Gasteiger partial charge in [0.25, 0.3) is 0 Å². The van der Waals surface area contributed by atoms with Crippen LogP contribution in [-0.2, 0) is 0 Å². The summed E-state index contributed by atoms with van der Waals surface area (Å²) in [6, 6.07) is 2.81. The van der Waals surface area contributed by atoms with Crippen molar-refractivity contribution < 1.29 is 35.2 Å². The molecule has 1 aromatic carbocycles. The maximum atomic E-state index is 10.6. The van der Waals surface area contributed by atoms with E-state index >= 15 is 0 Å². The van der Waals surface area contributed by atoms with Gasteiger partial charge in [0.2, 0.25) is 0 Å². The number of carboxylic acids is 3. The first-order valence-electron chi connectivity index (χ1n) is 3.77. The first kappa shape index (κ1) is 17.3. The summed E-state index contributed by atoms with van der Waals surface area (Å²) >= 11 is 0. The van der Waals surface area contributed by atoms with E-state index in [-0.39, 0.29) is 23.4 Å². The van der Waals surface area contributed by atoms with Gasteiger partial charge < -0.3 is 20.8 Å². The molecule has 0 bridgehead atoms. The lowest BCUT2D eigenvalue weighted by molar-refractivity contribution is 0.0649. The van der Waals surface area contributed by atoms with Crippen molar-refractivity contribution in [3.8, 4) is 0 Å². The fourth-order valence-electron chi connectivity index (χ4n) is 1.04. The summed E-state index contributed by atoms with van der Waals surface area (Å²) < 4.78 is 0. The van der Waals surface area contributed by atoms with Crippen molar-refractivity contribution in [2.45, 2.75) is 0 Å². The molecule has 0 aliphatic heterocycles. The third-order valence-corrected chi connectivity index (χ3v) is 1.73. The van der Waals surface area contributed by atoms with Crippen LogP contribution in [0.2, 0.25) is 0 Å². The van der Waals surface area contributed by atoms with E-state index in [1.54, 1.807) is 0 Å². The Kier molecular flexibility index (Phi) is 6.57. The number of rotatable bonds is 3. The smallest absolute Gasteiger partial charge is 0.336 e. The SMILES string of the molecule is Cl.O.O=C(O)c1ccc(C(=O)O)c(C(=O)O)c1. The molecular formula is C9H9ClO7. The number of halogens is 1. The summed E-state index contributed by atoms with van der Waals surface area (Å²) in [5.74, 6) is -4.20. The van der Waals surface area contributed by atoms with Crippen LogP contribution < -0.4 is 0 Å². The summed E-state index contributed by atoms with van der Waals surface area (Å²) in [7, 11) is 0. The molecule has 0 aliphatic carbocycles. The van der Waals surface area contributed by atoms with Crippen LogP contribution in [0.25, 0.3) is 0 Å². The van der Waals surface area contributed by atoms with Gasteiger partial charge in [-0.25, -0.2) is 14.4 Å². The zero-order valence-corrected chi connectivity index (χ0v) is 9.02. The highest BCUT2D eigenvalue weighted by Gasteiger charge is 2.17. The number of benzene rings is 1. The maximum absolute atomic E-state index is 10.6. The van der Waals surface area contributed by atoms with Crippen molar-refractivity contribution in [1.82, 2.24) is 0 Å². The minimum absolute atomic E-state index is 0. The molecule has 0 aliphatic rings. The second-order valence-electron chi connectivity index (χ2n) is 2.68. The summed E-state index contributed by atoms with van der Waals surface area (Å²) in [5.41, 5.74) is -1.24. The van der Waals surface area contributed by atoms with E-state index in [1.165, 1.54) is 0 Å². The van der Waals surface area contributed by atoms with Crippen molar-refractivity contribution >= 4 is 30.3 Å². The third-order valence-electron chi connectivity index (χ3n) is 1.73. The van der Waals surface area contributed by atoms with Gasteiger partial charge in [-0.1, -0.05) is 0 Å². The Morgan fingerprint density at radius 2 is 1.29 bits per heavy atom. The highest BCUT2D eigenvalue weighted by Crippen LogP contribution is 2.12. The number of aromatic carboxylic acids is 3. The summed E-state index contributed by atoms with van der Waals surface area (Å²) in [4.78, 5) is 31.8. The van der Waals surface area contributed by atoms with E-state index in [0.29, 0.717) is 0 Å². The van der Waals surface area contributed by atoms with Gasteiger partial charge in [-0.05, 0) is 18.2 Å². The lowest BCUT2D eigenvalue weighted by atomic mass is 10.0. The molecule has 0 heterocycles. The topological polar surface area (TPSA) is 143 Å². The largest absolute Gasteiger partial charge is 0.478 e. The van der Waals surface area contributed by atoms with Gasteiger partial charge in [0.05, 0.1) is 16.7 Å². The minimum atomic E-state index is -1.48. The molecule has 0 atom stereocenters. The normalized spacial score (nSPS) is 8.47. The Morgan fingerprint density at radius 3 is 1.65 bits per heavy atom. The summed E-state index contributed by atoms with van der Waals surface area (Å²) in [5, 5.41) is 25.9. The molecule has 0 radical (unpaired) electrons. The van der Waals surface area contributed by atoms with Crippen molar-refractivity contribution in [1.29, 1.82) is 0 Å². The van der Waals surface area contributed by atoms with E-state index in [1.807, 2.05) is 0 Å². The van der Waals surface area contributed by atoms with Gasteiger partial charge in [0.1, 0.15) is 0 Å². The van der Waals surface area contributed by atoms with Crippen LogP contribution in [0.5, 0.6) is 0 Å².